The molecule has 1 aromatic heterocycles. The van der Waals surface area contributed by atoms with Crippen LogP contribution in [0.5, 0.6) is 5.75 Å². The van der Waals surface area contributed by atoms with Crippen LogP contribution in [0, 0.1) is 0 Å². The lowest BCUT2D eigenvalue weighted by Gasteiger charge is -2.36. The second-order valence-corrected chi connectivity index (χ2v) is 6.96. The quantitative estimate of drug-likeness (QED) is 0.748. The van der Waals surface area contributed by atoms with Crippen LogP contribution in [-0.4, -0.2) is 53.9 Å². The molecule has 0 N–H and O–H groups in total. The van der Waals surface area contributed by atoms with Crippen LogP contribution in [0.1, 0.15) is 5.56 Å². The highest BCUT2D eigenvalue weighted by Gasteiger charge is 2.23. The average molecular weight is 421 g/mol. The van der Waals surface area contributed by atoms with Gasteiger partial charge in [-0.2, -0.15) is 5.10 Å². The molecule has 138 valence electrons. The molecule has 0 atom stereocenters. The van der Waals surface area contributed by atoms with Gasteiger partial charge in [-0.1, -0.05) is 12.1 Å². The van der Waals surface area contributed by atoms with E-state index in [0.29, 0.717) is 37.1 Å². The Kier molecular flexibility index (Phi) is 5.61. The third-order valence-corrected chi connectivity index (χ3v) is 5.27. The highest BCUT2D eigenvalue weighted by atomic mass is 79.9. The zero-order chi connectivity index (χ0) is 18.7. The van der Waals surface area contributed by atoms with Gasteiger partial charge in [0.25, 0.3) is 5.56 Å². The summed E-state index contributed by atoms with van der Waals surface area (Å²) in [5, 5.41) is 4.08. The van der Waals surface area contributed by atoms with Crippen LogP contribution in [0.2, 0.25) is 0 Å². The summed E-state index contributed by atoms with van der Waals surface area (Å²) in [5.74, 6) is 0.849. The van der Waals surface area contributed by atoms with Crippen molar-refractivity contribution in [1.82, 2.24) is 14.7 Å². The molecular formula is C18H21BrN4O3. The Morgan fingerprint density at radius 2 is 2.00 bits per heavy atom. The zero-order valence-corrected chi connectivity index (χ0v) is 16.4. The van der Waals surface area contributed by atoms with Gasteiger partial charge in [-0.15, -0.1) is 0 Å². The number of carbonyl (C=O) groups is 1. The first-order valence-corrected chi connectivity index (χ1v) is 9.16. The number of carbonyl (C=O) groups excluding carboxylic acids is 1. The van der Waals surface area contributed by atoms with Gasteiger partial charge >= 0.3 is 0 Å². The molecule has 2 aromatic rings. The summed E-state index contributed by atoms with van der Waals surface area (Å²) in [4.78, 5) is 28.5. The molecule has 3 rings (SSSR count). The number of methoxy groups -OCH3 is 1. The highest BCUT2D eigenvalue weighted by molar-refractivity contribution is 9.10. The Morgan fingerprint density at radius 3 is 2.69 bits per heavy atom. The number of aryl methyl sites for hydroxylation is 1. The van der Waals surface area contributed by atoms with E-state index in [9.17, 15) is 9.59 Å². The number of anilines is 1. The highest BCUT2D eigenvalue weighted by Crippen LogP contribution is 2.23. The van der Waals surface area contributed by atoms with Crippen molar-refractivity contribution in [3.63, 3.8) is 0 Å². The molecular weight excluding hydrogens is 400 g/mol. The van der Waals surface area contributed by atoms with Gasteiger partial charge < -0.3 is 14.5 Å². The van der Waals surface area contributed by atoms with Crippen LogP contribution < -0.4 is 15.2 Å². The van der Waals surface area contributed by atoms with E-state index in [-0.39, 0.29) is 11.5 Å². The van der Waals surface area contributed by atoms with E-state index in [0.717, 1.165) is 17.0 Å². The SMILES string of the molecule is COc1cccc(CC(=O)N2CCN(c3cnn(C)c(=O)c3Br)CC2)c1. The summed E-state index contributed by atoms with van der Waals surface area (Å²) in [6, 6.07) is 7.57. The van der Waals surface area contributed by atoms with E-state index in [2.05, 4.69) is 25.9 Å². The standard InChI is InChI=1S/C18H21BrN4O3/c1-21-18(25)17(19)15(12-20-21)22-6-8-23(9-7-22)16(24)11-13-4-3-5-14(10-13)26-2/h3-5,10,12H,6-9,11H2,1-2H3. The molecule has 1 aliphatic heterocycles. The number of aromatic nitrogens is 2. The molecule has 1 saturated heterocycles. The van der Waals surface area contributed by atoms with Gasteiger partial charge in [0.2, 0.25) is 5.91 Å². The van der Waals surface area contributed by atoms with Crippen molar-refractivity contribution in [3.05, 3.63) is 50.9 Å². The number of nitrogens with zero attached hydrogens (tertiary/aromatic N) is 4. The maximum atomic E-state index is 12.6. The largest absolute Gasteiger partial charge is 0.497 e. The van der Waals surface area contributed by atoms with Crippen LogP contribution >= 0.6 is 15.9 Å². The number of hydrogen-bond acceptors (Lipinski definition) is 5. The molecule has 1 aromatic carbocycles. The monoisotopic (exact) mass is 420 g/mol. The summed E-state index contributed by atoms with van der Waals surface area (Å²) in [7, 11) is 3.23. The first-order valence-electron chi connectivity index (χ1n) is 8.37. The van der Waals surface area contributed by atoms with Gasteiger partial charge in [0, 0.05) is 33.2 Å². The van der Waals surface area contributed by atoms with Crippen LogP contribution in [0.15, 0.2) is 39.7 Å². The molecule has 7 nitrogen and oxygen atoms in total. The van der Waals surface area contributed by atoms with Gasteiger partial charge in [0.1, 0.15) is 10.2 Å². The first-order chi connectivity index (χ1) is 12.5. The zero-order valence-electron chi connectivity index (χ0n) is 14.8. The summed E-state index contributed by atoms with van der Waals surface area (Å²) in [5.41, 5.74) is 1.54. The van der Waals surface area contributed by atoms with Crippen molar-refractivity contribution in [2.24, 2.45) is 7.05 Å². The minimum Gasteiger partial charge on any atom is -0.497 e. The van der Waals surface area contributed by atoms with Crippen LogP contribution in [0.3, 0.4) is 0 Å². The molecule has 26 heavy (non-hydrogen) atoms. The lowest BCUT2D eigenvalue weighted by molar-refractivity contribution is -0.130. The lowest BCUT2D eigenvalue weighted by Crippen LogP contribution is -2.49. The smallest absolute Gasteiger partial charge is 0.282 e. The van der Waals surface area contributed by atoms with Crippen LogP contribution in [-0.2, 0) is 18.3 Å². The lowest BCUT2D eigenvalue weighted by atomic mass is 10.1. The number of ether oxygens (including phenoxy) is 1. The van der Waals surface area contributed by atoms with E-state index in [1.165, 1.54) is 4.68 Å². The fourth-order valence-electron chi connectivity index (χ4n) is 2.99. The fraction of sp³-hybridized carbons (Fsp3) is 0.389. The predicted octanol–water partition coefficient (Wildman–Crippen LogP) is 1.44. The van der Waals surface area contributed by atoms with Crippen LogP contribution in [0.4, 0.5) is 5.69 Å². The topological polar surface area (TPSA) is 67.7 Å². The molecule has 0 saturated carbocycles. The van der Waals surface area contributed by atoms with Crippen molar-refractivity contribution in [1.29, 1.82) is 0 Å². The Morgan fingerprint density at radius 1 is 1.27 bits per heavy atom. The summed E-state index contributed by atoms with van der Waals surface area (Å²) in [6.45, 7) is 2.56. The second-order valence-electron chi connectivity index (χ2n) is 6.17. The third-order valence-electron chi connectivity index (χ3n) is 4.52. The Balaban J connectivity index is 1.62. The summed E-state index contributed by atoms with van der Waals surface area (Å²) >= 11 is 3.36. The van der Waals surface area contributed by atoms with Gasteiger partial charge in [-0.3, -0.25) is 9.59 Å². The molecule has 0 unspecified atom stereocenters. The number of hydrogen-bond donors (Lipinski definition) is 0. The van der Waals surface area contributed by atoms with Gasteiger partial charge in [0.05, 0.1) is 25.4 Å². The summed E-state index contributed by atoms with van der Waals surface area (Å²) in [6.07, 6.45) is 2.04. The van der Waals surface area contributed by atoms with E-state index in [1.807, 2.05) is 29.2 Å². The van der Waals surface area contributed by atoms with E-state index in [1.54, 1.807) is 20.4 Å². The minimum absolute atomic E-state index is 0.0964. The Hall–Kier alpha value is -2.35. The van der Waals surface area contributed by atoms with Crippen molar-refractivity contribution < 1.29 is 9.53 Å². The van der Waals surface area contributed by atoms with Gasteiger partial charge in [-0.05, 0) is 33.6 Å². The van der Waals surface area contributed by atoms with Crippen molar-refractivity contribution in [2.75, 3.05) is 38.2 Å². The predicted molar refractivity (Wildman–Crippen MR) is 103 cm³/mol. The molecule has 1 amide bonds. The van der Waals surface area contributed by atoms with E-state index >= 15 is 0 Å². The first kappa shape index (κ1) is 18.4. The molecule has 1 fully saturated rings. The maximum absolute atomic E-state index is 12.6. The normalized spacial score (nSPS) is 14.4. The molecule has 0 bridgehead atoms. The molecule has 0 radical (unpaired) electrons. The van der Waals surface area contributed by atoms with E-state index in [4.69, 9.17) is 4.74 Å². The Bertz CT molecular complexity index is 860. The molecule has 8 heteroatoms. The number of amides is 1. The van der Waals surface area contributed by atoms with Crippen molar-refractivity contribution in [3.8, 4) is 5.75 Å². The molecule has 2 heterocycles. The number of benzene rings is 1. The van der Waals surface area contributed by atoms with Gasteiger partial charge in [-0.25, -0.2) is 4.68 Å². The Labute approximate surface area is 160 Å². The molecule has 0 aliphatic carbocycles. The third kappa shape index (κ3) is 3.90. The van der Waals surface area contributed by atoms with Crippen molar-refractivity contribution >= 4 is 27.5 Å². The number of rotatable bonds is 4. The minimum atomic E-state index is -0.168. The second kappa shape index (κ2) is 7.90. The van der Waals surface area contributed by atoms with E-state index < -0.39 is 0 Å². The van der Waals surface area contributed by atoms with Crippen LogP contribution in [0.25, 0.3) is 0 Å². The average Bonchev–Trinajstić information content (AvgIpc) is 2.66. The number of halogens is 1. The van der Waals surface area contributed by atoms with Gasteiger partial charge in [0.15, 0.2) is 0 Å². The molecule has 1 aliphatic rings. The van der Waals surface area contributed by atoms with Crippen molar-refractivity contribution in [2.45, 2.75) is 6.42 Å². The number of piperazine rings is 1. The maximum Gasteiger partial charge on any atom is 0.282 e. The molecule has 0 spiro atoms. The fourth-order valence-corrected chi connectivity index (χ4v) is 3.60. The summed E-state index contributed by atoms with van der Waals surface area (Å²) < 4.78 is 7.00.